The maximum atomic E-state index is 13.0. The molecule has 1 fully saturated rings. The molecule has 1 aliphatic heterocycles. The van der Waals surface area contributed by atoms with Crippen molar-refractivity contribution in [1.82, 2.24) is 5.32 Å². The topological polar surface area (TPSA) is 149 Å². The molecule has 0 aromatic rings. The molecule has 0 saturated carbocycles. The van der Waals surface area contributed by atoms with Gasteiger partial charge in [0, 0.05) is 6.42 Å². The van der Waals surface area contributed by atoms with Crippen molar-refractivity contribution in [2.75, 3.05) is 13.2 Å². The number of carbonyl (C=O) groups is 1. The van der Waals surface area contributed by atoms with Crippen molar-refractivity contribution in [3.05, 3.63) is 109 Å². The van der Waals surface area contributed by atoms with E-state index >= 15 is 0 Å². The Kier molecular flexibility index (Phi) is 43.0. The summed E-state index contributed by atoms with van der Waals surface area (Å²) < 4.78 is 11.2. The first-order valence-electron chi connectivity index (χ1n) is 26.6. The second-order valence-corrected chi connectivity index (χ2v) is 17.9. The summed E-state index contributed by atoms with van der Waals surface area (Å²) in [7, 11) is 0. The Labute approximate surface area is 408 Å². The third-order valence-corrected chi connectivity index (χ3v) is 11.8. The van der Waals surface area contributed by atoms with Crippen molar-refractivity contribution in [2.45, 2.75) is 236 Å². The summed E-state index contributed by atoms with van der Waals surface area (Å²) in [5, 5.41) is 54.4. The average Bonchev–Trinajstić information content (AvgIpc) is 3.33. The van der Waals surface area contributed by atoms with Crippen molar-refractivity contribution in [2.24, 2.45) is 0 Å². The van der Waals surface area contributed by atoms with Gasteiger partial charge in [0.25, 0.3) is 0 Å². The third-order valence-electron chi connectivity index (χ3n) is 11.8. The second kappa shape index (κ2) is 46.6. The molecule has 6 N–H and O–H groups in total. The largest absolute Gasteiger partial charge is 0.394 e. The molecule has 1 aliphatic rings. The summed E-state index contributed by atoms with van der Waals surface area (Å²) >= 11 is 0. The van der Waals surface area contributed by atoms with E-state index in [-0.39, 0.29) is 12.5 Å². The predicted octanol–water partition coefficient (Wildman–Crippen LogP) is 12.6. The second-order valence-electron chi connectivity index (χ2n) is 17.9. The Morgan fingerprint density at radius 1 is 0.522 bits per heavy atom. The molecule has 0 aromatic carbocycles. The molecular weight excluding hydrogens is 839 g/mol. The van der Waals surface area contributed by atoms with Crippen LogP contribution in [0.1, 0.15) is 194 Å². The van der Waals surface area contributed by atoms with E-state index in [9.17, 15) is 30.3 Å². The number of nitrogens with one attached hydrogen (secondary N) is 1. The van der Waals surface area contributed by atoms with Crippen LogP contribution in [0.25, 0.3) is 0 Å². The minimum absolute atomic E-state index is 0.205. The summed E-state index contributed by atoms with van der Waals surface area (Å²) in [6.45, 7) is 3.62. The van der Waals surface area contributed by atoms with Gasteiger partial charge in [-0.3, -0.25) is 4.79 Å². The van der Waals surface area contributed by atoms with Crippen molar-refractivity contribution in [3.8, 4) is 0 Å². The fourth-order valence-electron chi connectivity index (χ4n) is 7.60. The van der Waals surface area contributed by atoms with E-state index in [0.29, 0.717) is 6.42 Å². The van der Waals surface area contributed by atoms with E-state index < -0.39 is 49.5 Å². The number of allylic oxidation sites excluding steroid dienone is 17. The SMILES string of the molecule is CC/C=C\C/C=C\C/C=C\C/C=C\C/C=C\C/C=C\CCCCCCCCCCC(=O)NC(COC1OC(CO)C(O)C(O)C1O)C(O)/C=C/CC/C=C/CC/C=C/CCCCCCCCC. The maximum absolute atomic E-state index is 13.0. The number of hydrogen-bond acceptors (Lipinski definition) is 8. The number of aliphatic hydroxyl groups excluding tert-OH is 5. The van der Waals surface area contributed by atoms with Crippen LogP contribution in [0.4, 0.5) is 0 Å². The van der Waals surface area contributed by atoms with E-state index in [1.54, 1.807) is 6.08 Å². The van der Waals surface area contributed by atoms with E-state index in [2.05, 4.69) is 116 Å². The number of unbranched alkanes of at least 4 members (excludes halogenated alkanes) is 17. The lowest BCUT2D eigenvalue weighted by atomic mass is 9.99. The number of rotatable bonds is 43. The van der Waals surface area contributed by atoms with Crippen molar-refractivity contribution in [3.63, 3.8) is 0 Å². The van der Waals surface area contributed by atoms with E-state index in [0.717, 1.165) is 103 Å². The highest BCUT2D eigenvalue weighted by atomic mass is 16.7. The fourth-order valence-corrected chi connectivity index (χ4v) is 7.60. The molecule has 67 heavy (non-hydrogen) atoms. The van der Waals surface area contributed by atoms with Crippen molar-refractivity contribution in [1.29, 1.82) is 0 Å². The van der Waals surface area contributed by atoms with Gasteiger partial charge in [0.2, 0.25) is 5.91 Å². The molecular formula is C58H97NO8. The number of ether oxygens (including phenoxy) is 2. The molecule has 1 rings (SSSR count). The first kappa shape index (κ1) is 61.9. The molecule has 0 aromatic heterocycles. The summed E-state index contributed by atoms with van der Waals surface area (Å²) in [6, 6.07) is -0.840. The van der Waals surface area contributed by atoms with Gasteiger partial charge in [-0.1, -0.05) is 200 Å². The minimum atomic E-state index is -1.58. The number of carbonyl (C=O) groups excluding carboxylic acids is 1. The lowest BCUT2D eigenvalue weighted by Crippen LogP contribution is -2.60. The molecule has 0 spiro atoms. The first-order chi connectivity index (χ1) is 32.8. The normalized spacial score (nSPS) is 20.6. The van der Waals surface area contributed by atoms with Gasteiger partial charge in [0.1, 0.15) is 24.4 Å². The monoisotopic (exact) mass is 936 g/mol. The zero-order valence-corrected chi connectivity index (χ0v) is 42.1. The molecule has 382 valence electrons. The Morgan fingerprint density at radius 2 is 0.940 bits per heavy atom. The highest BCUT2D eigenvalue weighted by Crippen LogP contribution is 2.22. The Bertz CT molecular complexity index is 1410. The van der Waals surface area contributed by atoms with Gasteiger partial charge in [-0.2, -0.15) is 0 Å². The van der Waals surface area contributed by atoms with Crippen LogP contribution < -0.4 is 5.32 Å². The molecule has 0 aliphatic carbocycles. The summed E-state index contributed by atoms with van der Waals surface area (Å²) in [6.07, 6.45) is 61.3. The Morgan fingerprint density at radius 3 is 1.43 bits per heavy atom. The number of amides is 1. The van der Waals surface area contributed by atoms with Crippen LogP contribution in [0.15, 0.2) is 109 Å². The van der Waals surface area contributed by atoms with Crippen LogP contribution in [-0.4, -0.2) is 87.5 Å². The smallest absolute Gasteiger partial charge is 0.220 e. The van der Waals surface area contributed by atoms with Gasteiger partial charge in [-0.05, 0) is 96.3 Å². The van der Waals surface area contributed by atoms with Crippen LogP contribution >= 0.6 is 0 Å². The molecule has 9 heteroatoms. The molecule has 7 unspecified atom stereocenters. The average molecular weight is 936 g/mol. The lowest BCUT2D eigenvalue weighted by molar-refractivity contribution is -0.302. The van der Waals surface area contributed by atoms with Crippen LogP contribution in [0.3, 0.4) is 0 Å². The zero-order chi connectivity index (χ0) is 48.7. The molecule has 0 bridgehead atoms. The van der Waals surface area contributed by atoms with Crippen LogP contribution in [0, 0.1) is 0 Å². The molecule has 9 nitrogen and oxygen atoms in total. The van der Waals surface area contributed by atoms with Gasteiger partial charge in [-0.15, -0.1) is 0 Å². The molecule has 1 heterocycles. The van der Waals surface area contributed by atoms with E-state index in [1.165, 1.54) is 70.6 Å². The van der Waals surface area contributed by atoms with E-state index in [1.807, 2.05) is 6.08 Å². The van der Waals surface area contributed by atoms with Gasteiger partial charge in [0.05, 0.1) is 25.4 Å². The van der Waals surface area contributed by atoms with E-state index in [4.69, 9.17) is 9.47 Å². The van der Waals surface area contributed by atoms with Gasteiger partial charge in [-0.25, -0.2) is 0 Å². The van der Waals surface area contributed by atoms with Crippen LogP contribution in [0.2, 0.25) is 0 Å². The van der Waals surface area contributed by atoms with Gasteiger partial charge < -0.3 is 40.3 Å². The van der Waals surface area contributed by atoms with Crippen LogP contribution in [0.5, 0.6) is 0 Å². The zero-order valence-electron chi connectivity index (χ0n) is 42.1. The van der Waals surface area contributed by atoms with Gasteiger partial charge in [0.15, 0.2) is 6.29 Å². The maximum Gasteiger partial charge on any atom is 0.220 e. The molecule has 1 amide bonds. The Balaban J connectivity index is 2.31. The lowest BCUT2D eigenvalue weighted by Gasteiger charge is -2.40. The Hall–Kier alpha value is -3.15. The van der Waals surface area contributed by atoms with Crippen LogP contribution in [-0.2, 0) is 14.3 Å². The molecule has 7 atom stereocenters. The predicted molar refractivity (Wildman–Crippen MR) is 281 cm³/mol. The summed E-state index contributed by atoms with van der Waals surface area (Å²) in [5.74, 6) is -0.205. The minimum Gasteiger partial charge on any atom is -0.394 e. The first-order valence-corrected chi connectivity index (χ1v) is 26.6. The summed E-state index contributed by atoms with van der Waals surface area (Å²) in [4.78, 5) is 13.0. The number of hydrogen-bond donors (Lipinski definition) is 6. The van der Waals surface area contributed by atoms with Crippen molar-refractivity contribution >= 4 is 5.91 Å². The van der Waals surface area contributed by atoms with Crippen molar-refractivity contribution < 1.29 is 39.8 Å². The highest BCUT2D eigenvalue weighted by Gasteiger charge is 2.44. The number of aliphatic hydroxyl groups is 5. The highest BCUT2D eigenvalue weighted by molar-refractivity contribution is 5.76. The van der Waals surface area contributed by atoms with Gasteiger partial charge >= 0.3 is 0 Å². The summed E-state index contributed by atoms with van der Waals surface area (Å²) in [5.41, 5.74) is 0. The quantitative estimate of drug-likeness (QED) is 0.0261. The molecule has 0 radical (unpaired) electrons. The molecule has 1 saturated heterocycles. The standard InChI is InChI=1S/C58H97NO8/c1-3-5-7-9-11-13-15-17-19-21-22-23-24-25-26-27-28-29-30-32-34-36-38-40-42-44-46-48-54(62)59-51(50-66-58-57(65)56(64)55(63)53(49-60)67-58)52(61)47-45-43-41-39-37-35-33-31-20-18-16-14-12-10-8-6-4-2/h5,7,11,13,17,19-20,22-23,25-26,28-29,31,37,39,45,47,51-53,55-58,60-61,63-65H,3-4,6,8-10,12,14-16,18,21,24,27,30,32-36,38,40-44,46,48-50H2,1-2H3,(H,59,62)/b7-5-,13-11-,19-17-,23-22-,26-25-,29-28-,31-20+,39-37+,47-45+. The third kappa shape index (κ3) is 36.5. The fraction of sp³-hybridized carbons (Fsp3) is 0.672.